The standard InChI is InChI=1S/C15H22N2O3/c1-11(12-4-3-5-13(16)8-12)14(18)17-9-15(19-2)6-7-20-10-15/h3-5,8,11H,6-7,9-10,16H2,1-2H3,(H,17,18). The summed E-state index contributed by atoms with van der Waals surface area (Å²) >= 11 is 0. The molecule has 0 aliphatic carbocycles. The molecule has 5 nitrogen and oxygen atoms in total. The van der Waals surface area contributed by atoms with Crippen LogP contribution >= 0.6 is 0 Å². The number of rotatable bonds is 5. The summed E-state index contributed by atoms with van der Waals surface area (Å²) in [5, 5.41) is 2.95. The van der Waals surface area contributed by atoms with E-state index >= 15 is 0 Å². The van der Waals surface area contributed by atoms with Crippen LogP contribution in [0.15, 0.2) is 24.3 Å². The average Bonchev–Trinajstić information content (AvgIpc) is 2.93. The molecular formula is C15H22N2O3. The van der Waals surface area contributed by atoms with Gasteiger partial charge in [0.15, 0.2) is 0 Å². The maximum atomic E-state index is 12.2. The molecule has 3 N–H and O–H groups in total. The van der Waals surface area contributed by atoms with Gasteiger partial charge in [-0.15, -0.1) is 0 Å². The Hall–Kier alpha value is -1.59. The minimum atomic E-state index is -0.384. The van der Waals surface area contributed by atoms with E-state index in [1.165, 1.54) is 0 Å². The van der Waals surface area contributed by atoms with Gasteiger partial charge in [-0.2, -0.15) is 0 Å². The van der Waals surface area contributed by atoms with Crippen molar-refractivity contribution in [2.45, 2.75) is 24.9 Å². The van der Waals surface area contributed by atoms with Gasteiger partial charge in [-0.05, 0) is 24.6 Å². The highest BCUT2D eigenvalue weighted by Crippen LogP contribution is 2.22. The molecular weight excluding hydrogens is 256 g/mol. The fraction of sp³-hybridized carbons (Fsp3) is 0.533. The lowest BCUT2D eigenvalue weighted by molar-refractivity contribution is -0.123. The minimum absolute atomic E-state index is 0.0288. The molecule has 0 radical (unpaired) electrons. The van der Waals surface area contributed by atoms with Crippen LogP contribution in [0.5, 0.6) is 0 Å². The summed E-state index contributed by atoms with van der Waals surface area (Å²) in [5.74, 6) is -0.270. The number of nitrogen functional groups attached to an aromatic ring is 1. The summed E-state index contributed by atoms with van der Waals surface area (Å²) in [5.41, 5.74) is 6.94. The zero-order valence-corrected chi connectivity index (χ0v) is 12.0. The third-order valence-electron chi connectivity index (χ3n) is 3.89. The maximum Gasteiger partial charge on any atom is 0.227 e. The Balaban J connectivity index is 1.94. The number of ether oxygens (including phenoxy) is 2. The fourth-order valence-corrected chi connectivity index (χ4v) is 2.34. The van der Waals surface area contributed by atoms with Crippen LogP contribution in [0.25, 0.3) is 0 Å². The number of amides is 1. The molecule has 5 heteroatoms. The first-order chi connectivity index (χ1) is 9.56. The summed E-state index contributed by atoms with van der Waals surface area (Å²) in [7, 11) is 1.65. The predicted octanol–water partition coefficient (Wildman–Crippen LogP) is 1.29. The van der Waals surface area contributed by atoms with Crippen LogP contribution in [0.4, 0.5) is 5.69 Å². The van der Waals surface area contributed by atoms with Gasteiger partial charge in [0.25, 0.3) is 0 Å². The molecule has 1 saturated heterocycles. The first-order valence-electron chi connectivity index (χ1n) is 6.82. The van der Waals surface area contributed by atoms with Crippen LogP contribution in [-0.2, 0) is 14.3 Å². The highest BCUT2D eigenvalue weighted by molar-refractivity contribution is 5.83. The topological polar surface area (TPSA) is 73.6 Å². The molecule has 1 aliphatic rings. The number of nitrogens with one attached hydrogen (secondary N) is 1. The van der Waals surface area contributed by atoms with E-state index in [9.17, 15) is 4.79 Å². The zero-order chi connectivity index (χ0) is 14.6. The lowest BCUT2D eigenvalue weighted by Gasteiger charge is -2.26. The molecule has 1 heterocycles. The first-order valence-corrected chi connectivity index (χ1v) is 6.82. The monoisotopic (exact) mass is 278 g/mol. The molecule has 110 valence electrons. The van der Waals surface area contributed by atoms with Crippen molar-refractivity contribution in [3.8, 4) is 0 Å². The van der Waals surface area contributed by atoms with E-state index in [4.69, 9.17) is 15.2 Å². The summed E-state index contributed by atoms with van der Waals surface area (Å²) in [4.78, 5) is 12.2. The number of carbonyl (C=O) groups is 1. The highest BCUT2D eigenvalue weighted by atomic mass is 16.5. The quantitative estimate of drug-likeness (QED) is 0.796. The summed E-state index contributed by atoms with van der Waals surface area (Å²) < 4.78 is 10.8. The van der Waals surface area contributed by atoms with Crippen LogP contribution in [0.2, 0.25) is 0 Å². The van der Waals surface area contributed by atoms with Gasteiger partial charge < -0.3 is 20.5 Å². The second kappa shape index (κ2) is 6.24. The van der Waals surface area contributed by atoms with Crippen molar-refractivity contribution in [2.24, 2.45) is 0 Å². The van der Waals surface area contributed by atoms with Crippen LogP contribution in [0.3, 0.4) is 0 Å². The second-order valence-electron chi connectivity index (χ2n) is 5.30. The number of hydrogen-bond acceptors (Lipinski definition) is 4. The van der Waals surface area contributed by atoms with Crippen molar-refractivity contribution in [3.63, 3.8) is 0 Å². The van der Waals surface area contributed by atoms with Gasteiger partial charge in [0.1, 0.15) is 5.60 Å². The second-order valence-corrected chi connectivity index (χ2v) is 5.30. The summed E-state index contributed by atoms with van der Waals surface area (Å²) in [6.45, 7) is 3.54. The lowest BCUT2D eigenvalue weighted by Crippen LogP contribution is -2.45. The van der Waals surface area contributed by atoms with E-state index in [2.05, 4.69) is 5.32 Å². The molecule has 0 spiro atoms. The van der Waals surface area contributed by atoms with Crippen molar-refractivity contribution in [3.05, 3.63) is 29.8 Å². The van der Waals surface area contributed by atoms with Crippen molar-refractivity contribution in [2.75, 3.05) is 32.6 Å². The molecule has 1 fully saturated rings. The van der Waals surface area contributed by atoms with E-state index < -0.39 is 0 Å². The largest absolute Gasteiger partial charge is 0.399 e. The molecule has 2 rings (SSSR count). The normalized spacial score (nSPS) is 23.5. The van der Waals surface area contributed by atoms with E-state index in [1.54, 1.807) is 7.11 Å². The van der Waals surface area contributed by atoms with Gasteiger partial charge in [0.2, 0.25) is 5.91 Å². The third-order valence-corrected chi connectivity index (χ3v) is 3.89. The van der Waals surface area contributed by atoms with Crippen LogP contribution in [0, 0.1) is 0 Å². The van der Waals surface area contributed by atoms with E-state index in [-0.39, 0.29) is 17.4 Å². The van der Waals surface area contributed by atoms with Crippen LogP contribution < -0.4 is 11.1 Å². The van der Waals surface area contributed by atoms with Crippen LogP contribution in [0.1, 0.15) is 24.8 Å². The number of methoxy groups -OCH3 is 1. The van der Waals surface area contributed by atoms with E-state index in [0.717, 1.165) is 12.0 Å². The predicted molar refractivity (Wildman–Crippen MR) is 77.5 cm³/mol. The average molecular weight is 278 g/mol. The first kappa shape index (κ1) is 14.8. The number of benzene rings is 1. The smallest absolute Gasteiger partial charge is 0.227 e. The number of hydrogen-bond donors (Lipinski definition) is 2. The summed E-state index contributed by atoms with van der Waals surface area (Å²) in [6, 6.07) is 7.40. The van der Waals surface area contributed by atoms with Gasteiger partial charge in [-0.1, -0.05) is 12.1 Å². The number of nitrogens with two attached hydrogens (primary N) is 1. The van der Waals surface area contributed by atoms with Gasteiger partial charge in [0.05, 0.1) is 12.5 Å². The Morgan fingerprint density at radius 1 is 1.60 bits per heavy atom. The van der Waals surface area contributed by atoms with Crippen molar-refractivity contribution < 1.29 is 14.3 Å². The SMILES string of the molecule is COC1(CNC(=O)C(C)c2cccc(N)c2)CCOC1. The Kier molecular flexibility index (Phi) is 4.62. The van der Waals surface area contributed by atoms with Gasteiger partial charge in [0, 0.05) is 32.4 Å². The number of anilines is 1. The van der Waals surface area contributed by atoms with Gasteiger partial charge in [-0.3, -0.25) is 4.79 Å². The van der Waals surface area contributed by atoms with Crippen molar-refractivity contribution in [1.82, 2.24) is 5.32 Å². The highest BCUT2D eigenvalue weighted by Gasteiger charge is 2.35. The van der Waals surface area contributed by atoms with E-state index in [1.807, 2.05) is 31.2 Å². The Labute approximate surface area is 119 Å². The Morgan fingerprint density at radius 2 is 2.40 bits per heavy atom. The van der Waals surface area contributed by atoms with Crippen molar-refractivity contribution in [1.29, 1.82) is 0 Å². The lowest BCUT2D eigenvalue weighted by atomic mass is 9.98. The zero-order valence-electron chi connectivity index (χ0n) is 12.0. The molecule has 2 atom stereocenters. The minimum Gasteiger partial charge on any atom is -0.399 e. The molecule has 1 aliphatic heterocycles. The molecule has 1 amide bonds. The third kappa shape index (κ3) is 3.29. The van der Waals surface area contributed by atoms with Gasteiger partial charge in [-0.25, -0.2) is 0 Å². The van der Waals surface area contributed by atoms with E-state index in [0.29, 0.717) is 25.4 Å². The van der Waals surface area contributed by atoms with Gasteiger partial charge >= 0.3 is 0 Å². The maximum absolute atomic E-state index is 12.2. The molecule has 0 aromatic heterocycles. The van der Waals surface area contributed by atoms with Crippen LogP contribution in [-0.4, -0.2) is 38.4 Å². The molecule has 1 aromatic rings. The molecule has 20 heavy (non-hydrogen) atoms. The fourth-order valence-electron chi connectivity index (χ4n) is 2.34. The molecule has 0 bridgehead atoms. The summed E-state index contributed by atoms with van der Waals surface area (Å²) in [6.07, 6.45) is 0.802. The molecule has 2 unspecified atom stereocenters. The Morgan fingerprint density at radius 3 is 3.00 bits per heavy atom. The number of carbonyl (C=O) groups excluding carboxylic acids is 1. The van der Waals surface area contributed by atoms with Crippen molar-refractivity contribution >= 4 is 11.6 Å². The Bertz CT molecular complexity index is 470. The molecule has 0 saturated carbocycles. The molecule has 1 aromatic carbocycles.